The van der Waals surface area contributed by atoms with Crippen LogP contribution in [-0.4, -0.2) is 34.2 Å². The maximum absolute atomic E-state index is 11.7. The minimum atomic E-state index is -1.04. The average molecular weight is 761 g/mol. The van der Waals surface area contributed by atoms with Gasteiger partial charge >= 0.3 is 0 Å². The van der Waals surface area contributed by atoms with Crippen molar-refractivity contribution in [1.82, 2.24) is 29.1 Å². The third-order valence-electron chi connectivity index (χ3n) is 8.78. The van der Waals surface area contributed by atoms with Crippen LogP contribution in [0.25, 0.3) is 45.0 Å². The number of hydrogen-bond donors (Lipinski definition) is 1. The van der Waals surface area contributed by atoms with Gasteiger partial charge in [0.2, 0.25) is 0 Å². The highest BCUT2D eigenvalue weighted by Crippen LogP contribution is 2.42. The van der Waals surface area contributed by atoms with Gasteiger partial charge in [-0.2, -0.15) is 0 Å². The summed E-state index contributed by atoms with van der Waals surface area (Å²) in [6.07, 6.45) is 7.09. The molecule has 0 fully saturated rings. The Hall–Kier alpha value is -3.82. The molecule has 0 bridgehead atoms. The van der Waals surface area contributed by atoms with Crippen molar-refractivity contribution in [3.8, 4) is 45.0 Å². The molecule has 10 heteroatoms. The minimum Gasteiger partial charge on any atom is -0.381 e. The second kappa shape index (κ2) is 15.8. The Morgan fingerprint density at radius 2 is 1.00 bits per heavy atom. The fourth-order valence-electron chi connectivity index (χ4n) is 6.19. The van der Waals surface area contributed by atoms with Gasteiger partial charge in [0, 0.05) is 70.2 Å². The lowest BCUT2D eigenvalue weighted by Crippen LogP contribution is -2.40. The van der Waals surface area contributed by atoms with Crippen molar-refractivity contribution in [3.05, 3.63) is 118 Å². The monoisotopic (exact) mass is 758 g/mol. The molecule has 0 aliphatic carbocycles. The van der Waals surface area contributed by atoms with Crippen molar-refractivity contribution in [2.45, 2.75) is 60.2 Å². The molecule has 0 spiro atoms. The van der Waals surface area contributed by atoms with Crippen molar-refractivity contribution in [2.24, 2.45) is 11.8 Å². The number of halogens is 3. The lowest BCUT2D eigenvalue weighted by Gasteiger charge is -2.36. The number of imidazole rings is 2. The maximum Gasteiger partial charge on any atom is 0.178 e. The van der Waals surface area contributed by atoms with E-state index >= 15 is 0 Å². The van der Waals surface area contributed by atoms with E-state index in [4.69, 9.17) is 28.2 Å². The Balaban J connectivity index is 0.000000199. The van der Waals surface area contributed by atoms with Crippen LogP contribution in [0.1, 0.15) is 47.4 Å². The fraction of sp³-hybridized carbons (Fsp3) is 0.282. The molecule has 254 valence electrons. The molecule has 0 amide bonds. The molecule has 4 aromatic heterocycles. The predicted molar refractivity (Wildman–Crippen MR) is 204 cm³/mol. The van der Waals surface area contributed by atoms with Crippen LogP contribution in [0, 0.1) is 11.8 Å². The number of benzene rings is 2. The fourth-order valence-corrected chi connectivity index (χ4v) is 7.04. The lowest BCUT2D eigenvalue weighted by atomic mass is 9.79. The number of aromatic nitrogens is 6. The summed E-state index contributed by atoms with van der Waals surface area (Å²) in [6.45, 7) is 13.9. The zero-order chi connectivity index (χ0) is 35.3. The van der Waals surface area contributed by atoms with E-state index < -0.39 is 5.60 Å². The summed E-state index contributed by atoms with van der Waals surface area (Å²) in [5, 5.41) is 13.1. The quantitative estimate of drug-likeness (QED) is 0.159. The van der Waals surface area contributed by atoms with Crippen LogP contribution >= 0.6 is 39.1 Å². The minimum absolute atomic E-state index is 0.0172. The maximum atomic E-state index is 11.7. The Bertz CT molecular complexity index is 1960. The van der Waals surface area contributed by atoms with Gasteiger partial charge in [-0.15, -0.1) is 0 Å². The Kier molecular flexibility index (Phi) is 11.8. The second-order valence-electron chi connectivity index (χ2n) is 12.3. The van der Waals surface area contributed by atoms with Crippen molar-refractivity contribution in [1.29, 1.82) is 0 Å². The molecule has 0 saturated heterocycles. The van der Waals surface area contributed by atoms with Gasteiger partial charge in [-0.1, -0.05) is 75.2 Å². The first-order chi connectivity index (χ1) is 23.5. The molecule has 6 aromatic rings. The van der Waals surface area contributed by atoms with Crippen LogP contribution in [0.2, 0.25) is 10.0 Å². The summed E-state index contributed by atoms with van der Waals surface area (Å²) >= 11 is 15.7. The van der Waals surface area contributed by atoms with Gasteiger partial charge in [0.1, 0.15) is 11.4 Å². The first kappa shape index (κ1) is 36.5. The van der Waals surface area contributed by atoms with E-state index in [1.165, 1.54) is 0 Å². The summed E-state index contributed by atoms with van der Waals surface area (Å²) in [6, 6.07) is 23.4. The molecule has 7 nitrogen and oxygen atoms in total. The summed E-state index contributed by atoms with van der Waals surface area (Å²) < 4.78 is 5.10. The van der Waals surface area contributed by atoms with Crippen LogP contribution in [-0.2, 0) is 18.7 Å². The first-order valence-electron chi connectivity index (χ1n) is 16.4. The molecule has 0 aliphatic rings. The predicted octanol–water partition coefficient (Wildman–Crippen LogP) is 10.8. The molecular weight excluding hydrogens is 719 g/mol. The third-order valence-corrected chi connectivity index (χ3v) is 9.89. The van der Waals surface area contributed by atoms with Crippen LogP contribution in [0.3, 0.4) is 0 Å². The van der Waals surface area contributed by atoms with Gasteiger partial charge in [0.05, 0.1) is 22.8 Å². The first-order valence-corrected chi connectivity index (χ1v) is 18.0. The molecule has 1 N–H and O–H groups in total. The number of nitrogens with zero attached hydrogens (tertiary/aromatic N) is 6. The van der Waals surface area contributed by atoms with Gasteiger partial charge in [0.25, 0.3) is 0 Å². The smallest absolute Gasteiger partial charge is 0.178 e. The molecule has 6 rings (SSSR count). The van der Waals surface area contributed by atoms with E-state index in [1.54, 1.807) is 24.8 Å². The zero-order valence-corrected chi connectivity index (χ0v) is 31.7. The molecule has 0 unspecified atom stereocenters. The van der Waals surface area contributed by atoms with Gasteiger partial charge in [-0.25, -0.2) is 9.97 Å². The molecule has 0 aliphatic heterocycles. The van der Waals surface area contributed by atoms with Crippen molar-refractivity contribution in [3.63, 3.8) is 0 Å². The number of pyridine rings is 2. The molecule has 49 heavy (non-hydrogen) atoms. The second-order valence-corrected chi connectivity index (χ2v) is 13.9. The van der Waals surface area contributed by atoms with Gasteiger partial charge < -0.3 is 14.2 Å². The van der Waals surface area contributed by atoms with E-state index in [1.807, 2.05) is 100 Å². The Morgan fingerprint density at radius 3 is 1.39 bits per heavy atom. The summed E-state index contributed by atoms with van der Waals surface area (Å²) in [7, 11) is 0. The summed E-state index contributed by atoms with van der Waals surface area (Å²) in [4.78, 5) is 17.9. The molecule has 4 heterocycles. The van der Waals surface area contributed by atoms with E-state index in [0.29, 0.717) is 17.4 Å². The van der Waals surface area contributed by atoms with Crippen LogP contribution in [0.4, 0.5) is 0 Å². The van der Waals surface area contributed by atoms with E-state index in [9.17, 15) is 5.11 Å². The SMILES string of the molecule is CCn1c(Br)nc(-c2ccncc2)c1-c1ccc(Cl)cc1.CCn1c(C(O)(C(C)C)C(C)C)nc(-c2ccncc2)c1-c1ccc(Cl)cc1. The average Bonchev–Trinajstić information content (AvgIpc) is 3.67. The van der Waals surface area contributed by atoms with E-state index in [2.05, 4.69) is 53.9 Å². The van der Waals surface area contributed by atoms with Gasteiger partial charge in [-0.05, 0) is 90.1 Å². The summed E-state index contributed by atoms with van der Waals surface area (Å²) in [5.41, 5.74) is 6.94. The molecule has 0 radical (unpaired) electrons. The number of rotatable bonds is 9. The van der Waals surface area contributed by atoms with Gasteiger partial charge in [-0.3, -0.25) is 9.97 Å². The van der Waals surface area contributed by atoms with Crippen molar-refractivity contribution < 1.29 is 5.11 Å². The molecule has 0 saturated carbocycles. The molecule has 0 atom stereocenters. The highest BCUT2D eigenvalue weighted by Gasteiger charge is 2.42. The van der Waals surface area contributed by atoms with Crippen LogP contribution < -0.4 is 0 Å². The van der Waals surface area contributed by atoms with E-state index in [-0.39, 0.29) is 11.8 Å². The van der Waals surface area contributed by atoms with Crippen molar-refractivity contribution in [2.75, 3.05) is 0 Å². The normalized spacial score (nSPS) is 11.6. The highest BCUT2D eigenvalue weighted by atomic mass is 79.9. The van der Waals surface area contributed by atoms with Crippen LogP contribution in [0.5, 0.6) is 0 Å². The Morgan fingerprint density at radius 1 is 0.612 bits per heavy atom. The topological polar surface area (TPSA) is 81.7 Å². The number of aliphatic hydroxyl groups is 1. The lowest BCUT2D eigenvalue weighted by molar-refractivity contribution is -0.0632. The Labute approximate surface area is 307 Å². The third kappa shape index (κ3) is 7.53. The summed E-state index contributed by atoms with van der Waals surface area (Å²) in [5.74, 6) is 0.740. The van der Waals surface area contributed by atoms with Crippen molar-refractivity contribution >= 4 is 39.1 Å². The standard InChI is InChI=1S/C23H28ClN3O.C16H13BrClN3/c1-6-27-21(18-7-9-19(24)10-8-18)20(17-11-13-25-14-12-17)26-22(27)23(28,15(2)3)16(4)5;1-2-21-15(12-3-5-13(18)6-4-12)14(20-16(21)17)11-7-9-19-10-8-11/h7-16,28H,6H2,1-5H3;3-10H,2H2,1H3. The van der Waals surface area contributed by atoms with Crippen LogP contribution in [0.15, 0.2) is 102 Å². The largest absolute Gasteiger partial charge is 0.381 e. The number of hydrogen-bond acceptors (Lipinski definition) is 5. The van der Waals surface area contributed by atoms with E-state index in [0.717, 1.165) is 61.3 Å². The zero-order valence-electron chi connectivity index (χ0n) is 28.6. The van der Waals surface area contributed by atoms with Gasteiger partial charge in [0.15, 0.2) is 4.73 Å². The molecular formula is C39H41BrCl2N6O. The highest BCUT2D eigenvalue weighted by molar-refractivity contribution is 9.10. The molecule has 2 aromatic carbocycles.